The maximum absolute atomic E-state index is 5.90. The van der Waals surface area contributed by atoms with Gasteiger partial charge in [-0.15, -0.1) is 0 Å². The Bertz CT molecular complexity index is 277. The summed E-state index contributed by atoms with van der Waals surface area (Å²) in [5.41, 5.74) is 0. The lowest BCUT2D eigenvalue weighted by Gasteiger charge is -2.24. The van der Waals surface area contributed by atoms with E-state index < -0.39 is 0 Å². The van der Waals surface area contributed by atoms with Crippen molar-refractivity contribution in [1.29, 1.82) is 0 Å². The molecule has 4 heteroatoms. The van der Waals surface area contributed by atoms with Gasteiger partial charge in [0.1, 0.15) is 0 Å². The van der Waals surface area contributed by atoms with Crippen molar-refractivity contribution in [1.82, 2.24) is 9.97 Å². The van der Waals surface area contributed by atoms with Crippen molar-refractivity contribution in [3.8, 4) is 0 Å². The normalized spacial score (nSPS) is 12.6. The number of nitrogens with zero attached hydrogens (tertiary/aromatic N) is 3. The zero-order chi connectivity index (χ0) is 9.84. The molecule has 1 unspecified atom stereocenters. The van der Waals surface area contributed by atoms with E-state index in [1.54, 1.807) is 12.4 Å². The number of aromatic nitrogens is 2. The van der Waals surface area contributed by atoms with E-state index in [0.29, 0.717) is 11.2 Å². The molecule has 0 fully saturated rings. The first kappa shape index (κ1) is 10.3. The van der Waals surface area contributed by atoms with Crippen LogP contribution in [0.5, 0.6) is 0 Å². The van der Waals surface area contributed by atoms with Crippen LogP contribution in [0.25, 0.3) is 0 Å². The van der Waals surface area contributed by atoms with Crippen molar-refractivity contribution in [2.24, 2.45) is 0 Å². The van der Waals surface area contributed by atoms with Gasteiger partial charge in [0.2, 0.25) is 0 Å². The van der Waals surface area contributed by atoms with Crippen LogP contribution in [0.4, 0.5) is 5.82 Å². The average Bonchev–Trinajstić information content (AvgIpc) is 2.16. The number of anilines is 1. The number of hydrogen-bond acceptors (Lipinski definition) is 3. The lowest BCUT2D eigenvalue weighted by molar-refractivity contribution is 0.655. The smallest absolute Gasteiger partial charge is 0.171 e. The Morgan fingerprint density at radius 1 is 1.46 bits per heavy atom. The van der Waals surface area contributed by atoms with Crippen LogP contribution < -0.4 is 4.90 Å². The minimum absolute atomic E-state index is 0.425. The van der Waals surface area contributed by atoms with Crippen LogP contribution in [-0.2, 0) is 0 Å². The number of hydrogen-bond donors (Lipinski definition) is 0. The fourth-order valence-electron chi connectivity index (χ4n) is 1.03. The summed E-state index contributed by atoms with van der Waals surface area (Å²) in [6.07, 6.45) is 4.31. The second-order valence-electron chi connectivity index (χ2n) is 3.04. The summed E-state index contributed by atoms with van der Waals surface area (Å²) in [6, 6.07) is 0.425. The van der Waals surface area contributed by atoms with Crippen molar-refractivity contribution in [3.63, 3.8) is 0 Å². The van der Waals surface area contributed by atoms with Gasteiger partial charge >= 0.3 is 0 Å². The first-order chi connectivity index (χ1) is 6.16. The third-order valence-corrected chi connectivity index (χ3v) is 2.49. The third-order valence-electron chi connectivity index (χ3n) is 2.22. The maximum Gasteiger partial charge on any atom is 0.171 e. The summed E-state index contributed by atoms with van der Waals surface area (Å²) >= 11 is 5.90. The lowest BCUT2D eigenvalue weighted by atomic mass is 10.2. The van der Waals surface area contributed by atoms with Gasteiger partial charge in [-0.3, -0.25) is 0 Å². The molecule has 72 valence electrons. The Kier molecular flexibility index (Phi) is 3.48. The van der Waals surface area contributed by atoms with E-state index in [-0.39, 0.29) is 0 Å². The van der Waals surface area contributed by atoms with Gasteiger partial charge in [0.05, 0.1) is 0 Å². The van der Waals surface area contributed by atoms with Crippen LogP contribution in [0.1, 0.15) is 20.3 Å². The van der Waals surface area contributed by atoms with Crippen molar-refractivity contribution in [2.75, 3.05) is 11.9 Å². The summed E-state index contributed by atoms with van der Waals surface area (Å²) in [7, 11) is 1.98. The highest BCUT2D eigenvalue weighted by atomic mass is 35.5. The Hall–Kier alpha value is -0.830. The highest BCUT2D eigenvalue weighted by Crippen LogP contribution is 2.20. The molecule has 0 radical (unpaired) electrons. The molecule has 13 heavy (non-hydrogen) atoms. The highest BCUT2D eigenvalue weighted by molar-refractivity contribution is 6.31. The largest absolute Gasteiger partial charge is 0.354 e. The SMILES string of the molecule is CCC(C)N(C)c1nccnc1Cl. The molecule has 3 nitrogen and oxygen atoms in total. The predicted molar refractivity (Wildman–Crippen MR) is 55.2 cm³/mol. The molecular formula is C9H14ClN3. The molecule has 0 amide bonds. The zero-order valence-corrected chi connectivity index (χ0v) is 8.91. The van der Waals surface area contributed by atoms with E-state index >= 15 is 0 Å². The quantitative estimate of drug-likeness (QED) is 0.749. The molecule has 0 N–H and O–H groups in total. The van der Waals surface area contributed by atoms with E-state index in [0.717, 1.165) is 12.2 Å². The lowest BCUT2D eigenvalue weighted by Crippen LogP contribution is -2.29. The minimum Gasteiger partial charge on any atom is -0.354 e. The van der Waals surface area contributed by atoms with Crippen LogP contribution in [-0.4, -0.2) is 23.1 Å². The standard InChI is InChI=1S/C9H14ClN3/c1-4-7(2)13(3)9-8(10)11-5-6-12-9/h5-7H,4H2,1-3H3. The molecule has 0 saturated heterocycles. The zero-order valence-electron chi connectivity index (χ0n) is 8.16. The van der Waals surface area contributed by atoms with Gasteiger partial charge in [-0.25, -0.2) is 9.97 Å². The summed E-state index contributed by atoms with van der Waals surface area (Å²) in [5, 5.41) is 0.463. The predicted octanol–water partition coefficient (Wildman–Crippen LogP) is 2.36. The molecule has 1 heterocycles. The molecule has 0 aromatic carbocycles. The molecule has 0 saturated carbocycles. The summed E-state index contributed by atoms with van der Waals surface area (Å²) in [6.45, 7) is 4.26. The van der Waals surface area contributed by atoms with Crippen LogP contribution in [0.15, 0.2) is 12.4 Å². The van der Waals surface area contributed by atoms with E-state index in [4.69, 9.17) is 11.6 Å². The van der Waals surface area contributed by atoms with Crippen LogP contribution in [0, 0.1) is 0 Å². The van der Waals surface area contributed by atoms with Gasteiger partial charge in [-0.2, -0.15) is 0 Å². The molecule has 1 aromatic heterocycles. The van der Waals surface area contributed by atoms with Gasteiger partial charge in [-0.1, -0.05) is 18.5 Å². The summed E-state index contributed by atoms with van der Waals surface area (Å²) < 4.78 is 0. The minimum atomic E-state index is 0.425. The van der Waals surface area contributed by atoms with Gasteiger partial charge in [0, 0.05) is 25.5 Å². The molecule has 0 aliphatic heterocycles. The van der Waals surface area contributed by atoms with Crippen LogP contribution in [0.2, 0.25) is 5.15 Å². The van der Waals surface area contributed by atoms with E-state index in [9.17, 15) is 0 Å². The topological polar surface area (TPSA) is 29.0 Å². The Balaban J connectivity index is 2.88. The molecule has 1 rings (SSSR count). The van der Waals surface area contributed by atoms with Gasteiger partial charge in [0.15, 0.2) is 11.0 Å². The second-order valence-corrected chi connectivity index (χ2v) is 3.40. The van der Waals surface area contributed by atoms with Crippen molar-refractivity contribution >= 4 is 17.4 Å². The molecule has 1 atom stereocenters. The molecule has 0 aliphatic carbocycles. The number of halogens is 1. The third kappa shape index (κ3) is 2.31. The van der Waals surface area contributed by atoms with Crippen molar-refractivity contribution in [3.05, 3.63) is 17.5 Å². The second kappa shape index (κ2) is 4.42. The van der Waals surface area contributed by atoms with Gasteiger partial charge in [0.25, 0.3) is 0 Å². The van der Waals surface area contributed by atoms with Gasteiger partial charge < -0.3 is 4.90 Å². The summed E-state index contributed by atoms with van der Waals surface area (Å²) in [4.78, 5) is 10.2. The van der Waals surface area contributed by atoms with Crippen molar-refractivity contribution in [2.45, 2.75) is 26.3 Å². The number of rotatable bonds is 3. The Labute approximate surface area is 83.8 Å². The fourth-order valence-corrected chi connectivity index (χ4v) is 1.27. The Morgan fingerprint density at radius 2 is 2.08 bits per heavy atom. The monoisotopic (exact) mass is 199 g/mol. The molecular weight excluding hydrogens is 186 g/mol. The van der Waals surface area contributed by atoms with Gasteiger partial charge in [-0.05, 0) is 13.3 Å². The first-order valence-corrected chi connectivity index (χ1v) is 4.74. The maximum atomic E-state index is 5.90. The fraction of sp³-hybridized carbons (Fsp3) is 0.556. The Morgan fingerprint density at radius 3 is 2.62 bits per heavy atom. The molecule has 0 bridgehead atoms. The molecule has 0 aliphatic rings. The first-order valence-electron chi connectivity index (χ1n) is 4.36. The van der Waals surface area contributed by atoms with E-state index in [1.807, 2.05) is 11.9 Å². The van der Waals surface area contributed by atoms with Crippen LogP contribution >= 0.6 is 11.6 Å². The van der Waals surface area contributed by atoms with Crippen LogP contribution in [0.3, 0.4) is 0 Å². The highest BCUT2D eigenvalue weighted by Gasteiger charge is 2.12. The molecule has 0 spiro atoms. The average molecular weight is 200 g/mol. The van der Waals surface area contributed by atoms with E-state index in [1.165, 1.54) is 0 Å². The van der Waals surface area contributed by atoms with E-state index in [2.05, 4.69) is 23.8 Å². The summed E-state index contributed by atoms with van der Waals surface area (Å²) in [5.74, 6) is 0.749. The van der Waals surface area contributed by atoms with Crippen molar-refractivity contribution < 1.29 is 0 Å². The molecule has 1 aromatic rings.